The van der Waals surface area contributed by atoms with E-state index in [1.807, 2.05) is 0 Å². The second kappa shape index (κ2) is 6.37. The Labute approximate surface area is 126 Å². The molecule has 0 saturated heterocycles. The van der Waals surface area contributed by atoms with Gasteiger partial charge < -0.3 is 4.74 Å². The number of rotatable bonds is 4. The maximum Gasteiger partial charge on any atom is 0.338 e. The Kier molecular flexibility index (Phi) is 4.55. The van der Waals surface area contributed by atoms with E-state index in [0.29, 0.717) is 10.6 Å². The van der Waals surface area contributed by atoms with Crippen LogP contribution in [0.5, 0.6) is 0 Å². The molecular weight excluding hydrogens is 294 g/mol. The van der Waals surface area contributed by atoms with E-state index in [0.717, 1.165) is 0 Å². The number of hydrogen-bond acceptors (Lipinski definition) is 4. The zero-order valence-electron chi connectivity index (χ0n) is 11.2. The van der Waals surface area contributed by atoms with Crippen LogP contribution in [0.3, 0.4) is 0 Å². The number of non-ortho nitro benzene ring substituents is 1. The molecule has 0 heterocycles. The molecule has 0 spiro atoms. The van der Waals surface area contributed by atoms with Crippen molar-refractivity contribution in [3.05, 3.63) is 74.8 Å². The fourth-order valence-electron chi connectivity index (χ4n) is 1.84. The van der Waals surface area contributed by atoms with Gasteiger partial charge in [-0.3, -0.25) is 10.1 Å². The lowest BCUT2D eigenvalue weighted by atomic mass is 10.1. The predicted octanol–water partition coefficient (Wildman–Crippen LogP) is 4.17. The highest BCUT2D eigenvalue weighted by atomic mass is 35.5. The summed E-state index contributed by atoms with van der Waals surface area (Å²) in [6.07, 6.45) is -0.550. The Bertz CT molecular complexity index is 687. The lowest BCUT2D eigenvalue weighted by Gasteiger charge is -2.14. The normalized spacial score (nSPS) is 11.7. The molecule has 2 aromatic rings. The van der Waals surface area contributed by atoms with Crippen molar-refractivity contribution in [3.63, 3.8) is 0 Å². The van der Waals surface area contributed by atoms with Gasteiger partial charge in [-0.2, -0.15) is 0 Å². The third-order valence-corrected chi connectivity index (χ3v) is 3.26. The second-order valence-corrected chi connectivity index (χ2v) is 4.78. The highest BCUT2D eigenvalue weighted by Gasteiger charge is 2.17. The summed E-state index contributed by atoms with van der Waals surface area (Å²) in [7, 11) is 0. The number of benzene rings is 2. The van der Waals surface area contributed by atoms with Gasteiger partial charge in [0.05, 0.1) is 10.5 Å². The van der Waals surface area contributed by atoms with Crippen molar-refractivity contribution < 1.29 is 14.5 Å². The van der Waals surface area contributed by atoms with Gasteiger partial charge in [0.2, 0.25) is 0 Å². The van der Waals surface area contributed by atoms with Crippen LogP contribution in [0, 0.1) is 10.1 Å². The molecule has 0 amide bonds. The van der Waals surface area contributed by atoms with Gasteiger partial charge in [-0.05, 0) is 19.1 Å². The highest BCUT2D eigenvalue weighted by Crippen LogP contribution is 2.26. The van der Waals surface area contributed by atoms with Crippen LogP contribution >= 0.6 is 11.6 Å². The first-order valence-corrected chi connectivity index (χ1v) is 6.56. The molecule has 1 atom stereocenters. The number of carbonyl (C=O) groups is 1. The molecule has 0 N–H and O–H groups in total. The Morgan fingerprint density at radius 3 is 2.62 bits per heavy atom. The number of ether oxygens (including phenoxy) is 1. The Morgan fingerprint density at radius 1 is 1.24 bits per heavy atom. The number of nitro benzene ring substituents is 1. The van der Waals surface area contributed by atoms with Gasteiger partial charge in [0.15, 0.2) is 0 Å². The number of halogens is 1. The van der Waals surface area contributed by atoms with Crippen molar-refractivity contribution in [1.29, 1.82) is 0 Å². The summed E-state index contributed by atoms with van der Waals surface area (Å²) in [6.45, 7) is 1.69. The highest BCUT2D eigenvalue weighted by molar-refractivity contribution is 6.31. The third-order valence-electron chi connectivity index (χ3n) is 2.92. The summed E-state index contributed by atoms with van der Waals surface area (Å²) in [6, 6.07) is 12.4. The van der Waals surface area contributed by atoms with E-state index in [1.165, 1.54) is 24.3 Å². The average Bonchev–Trinajstić information content (AvgIpc) is 2.47. The number of carbonyl (C=O) groups excluding carboxylic acids is 1. The van der Waals surface area contributed by atoms with E-state index in [2.05, 4.69) is 0 Å². The molecule has 0 aromatic heterocycles. The van der Waals surface area contributed by atoms with E-state index in [1.54, 1.807) is 31.2 Å². The Hall–Kier alpha value is -2.40. The molecule has 2 aromatic carbocycles. The van der Waals surface area contributed by atoms with Gasteiger partial charge in [-0.25, -0.2) is 4.79 Å². The molecule has 1 unspecified atom stereocenters. The van der Waals surface area contributed by atoms with Crippen molar-refractivity contribution in [2.24, 2.45) is 0 Å². The quantitative estimate of drug-likeness (QED) is 0.483. The summed E-state index contributed by atoms with van der Waals surface area (Å²) in [5.74, 6) is -0.633. The fourth-order valence-corrected chi connectivity index (χ4v) is 2.13. The van der Waals surface area contributed by atoms with Crippen LogP contribution in [0.2, 0.25) is 5.02 Å². The van der Waals surface area contributed by atoms with Gasteiger partial charge >= 0.3 is 5.97 Å². The van der Waals surface area contributed by atoms with Crippen LogP contribution < -0.4 is 0 Å². The van der Waals surface area contributed by atoms with Crippen molar-refractivity contribution in [1.82, 2.24) is 0 Å². The Morgan fingerprint density at radius 2 is 1.95 bits per heavy atom. The van der Waals surface area contributed by atoms with Crippen LogP contribution in [0.1, 0.15) is 28.9 Å². The molecule has 21 heavy (non-hydrogen) atoms. The summed E-state index contributed by atoms with van der Waals surface area (Å²) >= 11 is 6.03. The molecule has 5 nitrogen and oxygen atoms in total. The number of esters is 1. The van der Waals surface area contributed by atoms with Crippen LogP contribution in [0.15, 0.2) is 48.5 Å². The number of hydrogen-bond donors (Lipinski definition) is 0. The van der Waals surface area contributed by atoms with Crippen molar-refractivity contribution in [2.75, 3.05) is 0 Å². The second-order valence-electron chi connectivity index (χ2n) is 4.38. The first-order valence-electron chi connectivity index (χ1n) is 6.19. The van der Waals surface area contributed by atoms with E-state index < -0.39 is 17.0 Å². The minimum atomic E-state index is -0.633. The van der Waals surface area contributed by atoms with Crippen LogP contribution in [-0.4, -0.2) is 10.9 Å². The predicted molar refractivity (Wildman–Crippen MR) is 78.4 cm³/mol. The average molecular weight is 306 g/mol. The van der Waals surface area contributed by atoms with Crippen molar-refractivity contribution >= 4 is 23.3 Å². The maximum absolute atomic E-state index is 12.0. The lowest BCUT2D eigenvalue weighted by molar-refractivity contribution is -0.384. The maximum atomic E-state index is 12.0. The molecule has 108 valence electrons. The van der Waals surface area contributed by atoms with E-state index in [-0.39, 0.29) is 11.3 Å². The largest absolute Gasteiger partial charge is 0.454 e. The molecule has 0 fully saturated rings. The van der Waals surface area contributed by atoms with Crippen LogP contribution in [0.4, 0.5) is 5.69 Å². The summed E-state index contributed by atoms with van der Waals surface area (Å²) in [5, 5.41) is 11.2. The van der Waals surface area contributed by atoms with Gasteiger partial charge in [0, 0.05) is 22.7 Å². The molecule has 0 saturated carbocycles. The molecule has 0 radical (unpaired) electrons. The van der Waals surface area contributed by atoms with E-state index in [4.69, 9.17) is 16.3 Å². The van der Waals surface area contributed by atoms with E-state index in [9.17, 15) is 14.9 Å². The van der Waals surface area contributed by atoms with Crippen molar-refractivity contribution in [3.8, 4) is 0 Å². The first-order chi connectivity index (χ1) is 9.99. The zero-order chi connectivity index (χ0) is 15.4. The molecular formula is C15H12ClNO4. The van der Waals surface area contributed by atoms with Gasteiger partial charge in [0.1, 0.15) is 6.10 Å². The minimum Gasteiger partial charge on any atom is -0.454 e. The van der Waals surface area contributed by atoms with Gasteiger partial charge in [0.25, 0.3) is 5.69 Å². The molecule has 2 rings (SSSR count). The monoisotopic (exact) mass is 305 g/mol. The lowest BCUT2D eigenvalue weighted by Crippen LogP contribution is -2.09. The minimum absolute atomic E-state index is 0.128. The van der Waals surface area contributed by atoms with Crippen LogP contribution in [-0.2, 0) is 4.74 Å². The molecule has 6 heteroatoms. The summed E-state index contributed by atoms with van der Waals surface area (Å²) in [4.78, 5) is 22.2. The topological polar surface area (TPSA) is 69.4 Å². The third kappa shape index (κ3) is 3.58. The van der Waals surface area contributed by atoms with Gasteiger partial charge in [-0.15, -0.1) is 0 Å². The molecule has 0 aliphatic carbocycles. The molecule has 0 aliphatic rings. The van der Waals surface area contributed by atoms with Crippen LogP contribution in [0.25, 0.3) is 0 Å². The Balaban J connectivity index is 2.16. The number of nitro groups is 1. The summed E-state index contributed by atoms with van der Waals surface area (Å²) in [5.41, 5.74) is 0.649. The standard InChI is InChI=1S/C15H12ClNO4/c1-10(13-7-2-3-8-14(13)16)21-15(18)11-5-4-6-12(9-11)17(19)20/h2-10H,1H3. The first kappa shape index (κ1) is 15.0. The molecule has 0 aliphatic heterocycles. The number of nitrogens with zero attached hydrogens (tertiary/aromatic N) is 1. The van der Waals surface area contributed by atoms with Crippen molar-refractivity contribution in [2.45, 2.75) is 13.0 Å². The summed E-state index contributed by atoms with van der Waals surface area (Å²) < 4.78 is 5.29. The molecule has 0 bridgehead atoms. The van der Waals surface area contributed by atoms with Gasteiger partial charge in [-0.1, -0.05) is 35.9 Å². The zero-order valence-corrected chi connectivity index (χ0v) is 11.9. The smallest absolute Gasteiger partial charge is 0.338 e. The SMILES string of the molecule is CC(OC(=O)c1cccc([N+](=O)[O-])c1)c1ccccc1Cl. The fraction of sp³-hybridized carbons (Fsp3) is 0.133. The van der Waals surface area contributed by atoms with E-state index >= 15 is 0 Å².